The second kappa shape index (κ2) is 8.77. The molecule has 0 aromatic heterocycles. The van der Waals surface area contributed by atoms with Gasteiger partial charge in [0.2, 0.25) is 0 Å². The van der Waals surface area contributed by atoms with Crippen molar-refractivity contribution < 1.29 is 14.6 Å². The van der Waals surface area contributed by atoms with Crippen molar-refractivity contribution in [3.8, 4) is 11.5 Å². The van der Waals surface area contributed by atoms with E-state index in [1.165, 1.54) is 17.2 Å². The van der Waals surface area contributed by atoms with Crippen molar-refractivity contribution in [2.75, 3.05) is 0 Å². The number of phenolic OH excluding ortho intramolecular Hbond substituents is 1. The van der Waals surface area contributed by atoms with Crippen molar-refractivity contribution >= 4 is 5.97 Å². The maximum Gasteiger partial charge on any atom is 0.335 e. The molecule has 1 N–H and O–H groups in total. The lowest BCUT2D eigenvalue weighted by molar-refractivity contribution is -0.129. The van der Waals surface area contributed by atoms with E-state index in [0.717, 1.165) is 28.7 Å². The van der Waals surface area contributed by atoms with Gasteiger partial charge in [-0.3, -0.25) is 0 Å². The minimum absolute atomic E-state index is 0.108. The number of carbonyl (C=O) groups is 1. The molecule has 2 aromatic carbocycles. The molecular formula is C29H40O3. The SMILES string of the molecule is C=CC(=O)Oc1cc(C)c(Cc2cc(C(C)(C)C)c(O)cc2C(C)(C)C)cc1C(C)(C)C. The number of hydrogen-bond donors (Lipinski definition) is 1. The maximum atomic E-state index is 11.9. The van der Waals surface area contributed by atoms with Gasteiger partial charge in [0.1, 0.15) is 11.5 Å². The molecule has 174 valence electrons. The first kappa shape index (κ1) is 25.7. The zero-order valence-electron chi connectivity index (χ0n) is 21.6. The van der Waals surface area contributed by atoms with Crippen LogP contribution in [0.1, 0.15) is 95.7 Å². The molecule has 0 atom stereocenters. The highest BCUT2D eigenvalue weighted by Gasteiger charge is 2.27. The summed E-state index contributed by atoms with van der Waals surface area (Å²) >= 11 is 0. The Labute approximate surface area is 194 Å². The average Bonchev–Trinajstić information content (AvgIpc) is 2.61. The van der Waals surface area contributed by atoms with Crippen LogP contribution >= 0.6 is 0 Å². The summed E-state index contributed by atoms with van der Waals surface area (Å²) in [6, 6.07) is 8.23. The lowest BCUT2D eigenvalue weighted by Crippen LogP contribution is -2.19. The van der Waals surface area contributed by atoms with Crippen LogP contribution in [-0.2, 0) is 27.5 Å². The van der Waals surface area contributed by atoms with E-state index in [0.29, 0.717) is 11.5 Å². The summed E-state index contributed by atoms with van der Waals surface area (Å²) in [5, 5.41) is 10.8. The van der Waals surface area contributed by atoms with E-state index in [1.807, 2.05) is 12.1 Å². The van der Waals surface area contributed by atoms with Crippen molar-refractivity contribution in [3.05, 3.63) is 70.3 Å². The Bertz CT molecular complexity index is 1020. The molecule has 0 saturated carbocycles. The summed E-state index contributed by atoms with van der Waals surface area (Å²) in [6.07, 6.45) is 1.93. The van der Waals surface area contributed by atoms with Gasteiger partial charge in [0.05, 0.1) is 0 Å². The second-order valence-corrected chi connectivity index (χ2v) is 11.9. The standard InChI is InChI=1S/C29H40O3/c1-12-26(31)32-25-13-18(2)19(15-23(25)29(9,10)11)14-20-16-22(28(6,7)8)24(30)17-21(20)27(3,4)5/h12-13,15-17,30H,1,14H2,2-11H3. The van der Waals surface area contributed by atoms with Gasteiger partial charge in [-0.2, -0.15) is 0 Å². The summed E-state index contributed by atoms with van der Waals surface area (Å²) < 4.78 is 5.57. The minimum Gasteiger partial charge on any atom is -0.508 e. The van der Waals surface area contributed by atoms with Gasteiger partial charge in [-0.15, -0.1) is 0 Å². The van der Waals surface area contributed by atoms with Gasteiger partial charge in [0.25, 0.3) is 0 Å². The van der Waals surface area contributed by atoms with E-state index >= 15 is 0 Å². The van der Waals surface area contributed by atoms with Gasteiger partial charge in [0, 0.05) is 11.6 Å². The van der Waals surface area contributed by atoms with Crippen LogP contribution in [0.5, 0.6) is 11.5 Å². The normalized spacial score (nSPS) is 12.6. The molecule has 3 nitrogen and oxygen atoms in total. The number of carbonyl (C=O) groups excluding carboxylic acids is 1. The number of aromatic hydroxyl groups is 1. The fourth-order valence-electron chi connectivity index (χ4n) is 4.02. The zero-order valence-corrected chi connectivity index (χ0v) is 21.6. The van der Waals surface area contributed by atoms with Crippen molar-refractivity contribution in [1.29, 1.82) is 0 Å². The molecule has 0 saturated heterocycles. The Kier molecular flexibility index (Phi) is 7.04. The van der Waals surface area contributed by atoms with E-state index in [4.69, 9.17) is 4.74 Å². The Balaban J connectivity index is 2.70. The van der Waals surface area contributed by atoms with Gasteiger partial charge >= 0.3 is 5.97 Å². The van der Waals surface area contributed by atoms with Gasteiger partial charge in [-0.25, -0.2) is 4.79 Å². The highest BCUT2D eigenvalue weighted by atomic mass is 16.5. The van der Waals surface area contributed by atoms with Crippen LogP contribution in [0.3, 0.4) is 0 Å². The number of esters is 1. The Hall–Kier alpha value is -2.55. The van der Waals surface area contributed by atoms with E-state index in [1.54, 1.807) is 0 Å². The van der Waals surface area contributed by atoms with Crippen LogP contribution in [-0.4, -0.2) is 11.1 Å². The molecule has 2 rings (SSSR count). The highest BCUT2D eigenvalue weighted by molar-refractivity contribution is 5.83. The first-order valence-electron chi connectivity index (χ1n) is 11.3. The zero-order chi connectivity index (χ0) is 24.6. The van der Waals surface area contributed by atoms with Crippen LogP contribution in [0, 0.1) is 6.92 Å². The molecule has 0 unspecified atom stereocenters. The molecule has 0 spiro atoms. The lowest BCUT2D eigenvalue weighted by atomic mass is 9.77. The number of hydrogen-bond acceptors (Lipinski definition) is 3. The van der Waals surface area contributed by atoms with Gasteiger partial charge in [0.15, 0.2) is 0 Å². The van der Waals surface area contributed by atoms with E-state index in [9.17, 15) is 9.90 Å². The molecule has 0 fully saturated rings. The summed E-state index contributed by atoms with van der Waals surface area (Å²) in [7, 11) is 0. The first-order chi connectivity index (χ1) is 14.4. The van der Waals surface area contributed by atoms with Crippen LogP contribution in [0.15, 0.2) is 36.9 Å². The van der Waals surface area contributed by atoms with E-state index in [-0.39, 0.29) is 16.2 Å². The Morgan fingerprint density at radius 1 is 0.844 bits per heavy atom. The monoisotopic (exact) mass is 436 g/mol. The molecule has 0 bridgehead atoms. The van der Waals surface area contributed by atoms with E-state index < -0.39 is 5.97 Å². The third-order valence-corrected chi connectivity index (χ3v) is 5.84. The van der Waals surface area contributed by atoms with Crippen molar-refractivity contribution in [2.45, 2.75) is 91.9 Å². The minimum atomic E-state index is -0.453. The van der Waals surface area contributed by atoms with E-state index in [2.05, 4.69) is 87.9 Å². The predicted molar refractivity (Wildman–Crippen MR) is 134 cm³/mol. The highest BCUT2D eigenvalue weighted by Crippen LogP contribution is 2.39. The number of benzene rings is 2. The fraction of sp³-hybridized carbons (Fsp3) is 0.483. The summed E-state index contributed by atoms with van der Waals surface area (Å²) in [4.78, 5) is 11.9. The first-order valence-corrected chi connectivity index (χ1v) is 11.3. The molecule has 0 heterocycles. The molecule has 0 amide bonds. The third-order valence-electron chi connectivity index (χ3n) is 5.84. The topological polar surface area (TPSA) is 46.5 Å². The number of ether oxygens (including phenoxy) is 1. The van der Waals surface area contributed by atoms with Crippen molar-refractivity contribution in [1.82, 2.24) is 0 Å². The van der Waals surface area contributed by atoms with Gasteiger partial charge in [-0.05, 0) is 69.5 Å². The summed E-state index contributed by atoms with van der Waals surface area (Å²) in [5.41, 5.74) is 6.07. The molecule has 0 aliphatic rings. The van der Waals surface area contributed by atoms with Crippen LogP contribution in [0.2, 0.25) is 0 Å². The smallest absolute Gasteiger partial charge is 0.335 e. The van der Waals surface area contributed by atoms with Gasteiger partial charge in [-0.1, -0.05) is 81.0 Å². The second-order valence-electron chi connectivity index (χ2n) is 11.9. The quantitative estimate of drug-likeness (QED) is 0.311. The molecule has 0 radical (unpaired) electrons. The number of aryl methyl sites for hydroxylation is 1. The number of phenols is 1. The molecular weight excluding hydrogens is 396 g/mol. The predicted octanol–water partition coefficient (Wildman–Crippen LogP) is 7.28. The maximum absolute atomic E-state index is 11.9. The molecule has 2 aromatic rings. The average molecular weight is 437 g/mol. The largest absolute Gasteiger partial charge is 0.508 e. The Morgan fingerprint density at radius 3 is 1.81 bits per heavy atom. The van der Waals surface area contributed by atoms with Crippen LogP contribution in [0.25, 0.3) is 0 Å². The lowest BCUT2D eigenvalue weighted by Gasteiger charge is -2.29. The summed E-state index contributed by atoms with van der Waals surface area (Å²) in [5.74, 6) is 0.483. The number of rotatable bonds is 4. The van der Waals surface area contributed by atoms with Crippen molar-refractivity contribution in [3.63, 3.8) is 0 Å². The van der Waals surface area contributed by atoms with Gasteiger partial charge < -0.3 is 9.84 Å². The molecule has 32 heavy (non-hydrogen) atoms. The van der Waals surface area contributed by atoms with Crippen LogP contribution in [0.4, 0.5) is 0 Å². The fourth-order valence-corrected chi connectivity index (χ4v) is 4.02. The van der Waals surface area contributed by atoms with Crippen LogP contribution < -0.4 is 4.74 Å². The molecule has 3 heteroatoms. The third kappa shape index (κ3) is 5.82. The molecule has 0 aliphatic heterocycles. The van der Waals surface area contributed by atoms with Crippen molar-refractivity contribution in [2.24, 2.45) is 0 Å². The molecule has 0 aliphatic carbocycles. The Morgan fingerprint density at radius 2 is 1.34 bits per heavy atom. The summed E-state index contributed by atoms with van der Waals surface area (Å²) in [6.45, 7) is 24.8.